The van der Waals surface area contributed by atoms with Crippen LogP contribution in [0.15, 0.2) is 42.5 Å². The summed E-state index contributed by atoms with van der Waals surface area (Å²) in [6.45, 7) is 2.45. The van der Waals surface area contributed by atoms with Crippen molar-refractivity contribution in [3.8, 4) is 11.1 Å². The van der Waals surface area contributed by atoms with E-state index in [0.717, 1.165) is 36.8 Å². The van der Waals surface area contributed by atoms with Crippen LogP contribution in [0, 0.1) is 0 Å². The number of hydrogen-bond acceptors (Lipinski definition) is 3. The number of carbonyl (C=O) groups excluding carboxylic acids is 1. The molecule has 1 aliphatic carbocycles. The molecule has 0 bridgehead atoms. The van der Waals surface area contributed by atoms with E-state index in [9.17, 15) is 9.90 Å². The molecule has 0 heterocycles. The van der Waals surface area contributed by atoms with Crippen LogP contribution in [0.25, 0.3) is 11.1 Å². The first-order chi connectivity index (χ1) is 11.6. The topological polar surface area (TPSA) is 46.5 Å². The Hall–Kier alpha value is -1.84. The zero-order valence-corrected chi connectivity index (χ0v) is 14.5. The Kier molecular flexibility index (Phi) is 4.93. The summed E-state index contributed by atoms with van der Waals surface area (Å²) in [5, 5.41) is 11.7. The highest BCUT2D eigenvalue weighted by Gasteiger charge is 2.49. The lowest BCUT2D eigenvalue weighted by atomic mass is 9.91. The Balaban J connectivity index is 1.91. The molecule has 2 aromatic rings. The highest BCUT2D eigenvalue weighted by Crippen LogP contribution is 2.48. The van der Waals surface area contributed by atoms with Gasteiger partial charge in [-0.25, -0.2) is 4.79 Å². The predicted octanol–water partition coefficient (Wildman–Crippen LogP) is 4.68. The number of unbranched alkanes of at least 4 members (excludes halogenated alkanes) is 3. The number of carbonyl (C=O) groups is 1. The molecule has 0 radical (unpaired) electrons. The van der Waals surface area contributed by atoms with Crippen molar-refractivity contribution in [3.05, 3.63) is 58.6 Å². The molecular weight excluding hydrogens is 324 g/mol. The number of fused-ring (bicyclic) bond motifs is 3. The fourth-order valence-electron chi connectivity index (χ4n) is 3.25. The summed E-state index contributed by atoms with van der Waals surface area (Å²) in [6, 6.07) is 12.6. The zero-order chi connectivity index (χ0) is 17.2. The van der Waals surface area contributed by atoms with Crippen molar-refractivity contribution in [2.75, 3.05) is 6.61 Å². The molecule has 0 spiro atoms. The van der Waals surface area contributed by atoms with Crippen LogP contribution < -0.4 is 0 Å². The lowest BCUT2D eigenvalue weighted by molar-refractivity contribution is -0.162. The van der Waals surface area contributed by atoms with Crippen molar-refractivity contribution in [1.82, 2.24) is 0 Å². The molecule has 2 aromatic carbocycles. The molecule has 0 fully saturated rings. The summed E-state index contributed by atoms with van der Waals surface area (Å²) in [7, 11) is 0. The highest BCUT2D eigenvalue weighted by atomic mass is 35.5. The van der Waals surface area contributed by atoms with Gasteiger partial charge in [-0.1, -0.05) is 68.1 Å². The number of ether oxygens (including phenoxy) is 1. The molecule has 3 rings (SSSR count). The van der Waals surface area contributed by atoms with Crippen LogP contribution in [-0.2, 0) is 15.1 Å². The number of rotatable bonds is 6. The third kappa shape index (κ3) is 2.83. The maximum atomic E-state index is 12.7. The minimum absolute atomic E-state index is 0.319. The van der Waals surface area contributed by atoms with Crippen molar-refractivity contribution in [1.29, 1.82) is 0 Å². The van der Waals surface area contributed by atoms with Gasteiger partial charge in [0.15, 0.2) is 0 Å². The molecule has 24 heavy (non-hydrogen) atoms. The Morgan fingerprint density at radius 3 is 2.62 bits per heavy atom. The molecule has 1 N–H and O–H groups in total. The van der Waals surface area contributed by atoms with Gasteiger partial charge in [0.2, 0.25) is 5.60 Å². The molecule has 0 aliphatic heterocycles. The summed E-state index contributed by atoms with van der Waals surface area (Å²) in [4.78, 5) is 12.7. The second-order valence-electron chi connectivity index (χ2n) is 6.14. The first-order valence-corrected chi connectivity index (χ1v) is 8.76. The maximum absolute atomic E-state index is 12.7. The van der Waals surface area contributed by atoms with E-state index in [-0.39, 0.29) is 0 Å². The molecule has 0 saturated carbocycles. The van der Waals surface area contributed by atoms with Gasteiger partial charge in [-0.15, -0.1) is 0 Å². The molecule has 126 valence electrons. The lowest BCUT2D eigenvalue weighted by Crippen LogP contribution is -2.37. The SMILES string of the molecule is CCCCCCOC(=O)C1(O)c2ccccc2-c2ccc(Cl)cc21. The van der Waals surface area contributed by atoms with E-state index in [2.05, 4.69) is 6.92 Å². The van der Waals surface area contributed by atoms with E-state index in [1.807, 2.05) is 24.3 Å². The highest BCUT2D eigenvalue weighted by molar-refractivity contribution is 6.30. The molecule has 1 atom stereocenters. The molecular formula is C20H21ClO3. The second-order valence-corrected chi connectivity index (χ2v) is 6.58. The lowest BCUT2D eigenvalue weighted by Gasteiger charge is -2.23. The van der Waals surface area contributed by atoms with Crippen molar-refractivity contribution >= 4 is 17.6 Å². The van der Waals surface area contributed by atoms with Crippen LogP contribution >= 0.6 is 11.6 Å². The summed E-state index contributed by atoms with van der Waals surface area (Å²) in [5.41, 5.74) is 0.923. The van der Waals surface area contributed by atoms with Crippen LogP contribution in [0.5, 0.6) is 0 Å². The van der Waals surface area contributed by atoms with Crippen LogP contribution in [0.4, 0.5) is 0 Å². The van der Waals surface area contributed by atoms with Gasteiger partial charge >= 0.3 is 5.97 Å². The first-order valence-electron chi connectivity index (χ1n) is 8.38. The van der Waals surface area contributed by atoms with Crippen molar-refractivity contribution in [2.24, 2.45) is 0 Å². The largest absolute Gasteiger partial charge is 0.463 e. The third-order valence-electron chi connectivity index (χ3n) is 4.50. The van der Waals surface area contributed by atoms with Gasteiger partial charge in [0, 0.05) is 16.1 Å². The van der Waals surface area contributed by atoms with Gasteiger partial charge in [0.05, 0.1) is 6.61 Å². The van der Waals surface area contributed by atoms with Crippen LogP contribution in [0.2, 0.25) is 5.02 Å². The number of benzene rings is 2. The van der Waals surface area contributed by atoms with E-state index in [1.165, 1.54) is 0 Å². The molecule has 4 heteroatoms. The molecule has 1 aliphatic rings. The fraction of sp³-hybridized carbons (Fsp3) is 0.350. The molecule has 3 nitrogen and oxygen atoms in total. The van der Waals surface area contributed by atoms with Gasteiger partial charge < -0.3 is 9.84 Å². The summed E-state index contributed by atoms with van der Waals surface area (Å²) in [6.07, 6.45) is 4.06. The van der Waals surface area contributed by atoms with E-state index in [4.69, 9.17) is 16.3 Å². The van der Waals surface area contributed by atoms with E-state index >= 15 is 0 Å². The molecule has 1 unspecified atom stereocenters. The van der Waals surface area contributed by atoms with Crippen molar-refractivity contribution in [2.45, 2.75) is 38.2 Å². The Labute approximate surface area is 147 Å². The minimum atomic E-state index is -1.79. The number of aliphatic hydroxyl groups is 1. The van der Waals surface area contributed by atoms with E-state index in [0.29, 0.717) is 22.8 Å². The quantitative estimate of drug-likeness (QED) is 0.611. The Morgan fingerprint density at radius 1 is 1.08 bits per heavy atom. The number of esters is 1. The van der Waals surface area contributed by atoms with Crippen LogP contribution in [-0.4, -0.2) is 17.7 Å². The monoisotopic (exact) mass is 344 g/mol. The van der Waals surface area contributed by atoms with Crippen LogP contribution in [0.3, 0.4) is 0 Å². The Morgan fingerprint density at radius 2 is 1.83 bits per heavy atom. The normalized spacial score (nSPS) is 18.1. The number of hydrogen-bond donors (Lipinski definition) is 1. The van der Waals surface area contributed by atoms with Gasteiger partial charge in [0.25, 0.3) is 0 Å². The fourth-order valence-corrected chi connectivity index (χ4v) is 3.42. The smallest absolute Gasteiger partial charge is 0.347 e. The van der Waals surface area contributed by atoms with E-state index < -0.39 is 11.6 Å². The standard InChI is InChI=1S/C20H21ClO3/c1-2-3-4-7-12-24-19(22)20(23)17-9-6-5-8-15(17)16-11-10-14(21)13-18(16)20/h5-6,8-11,13,23H,2-4,7,12H2,1H3. The second kappa shape index (κ2) is 6.96. The van der Waals surface area contributed by atoms with Gasteiger partial charge in [-0.2, -0.15) is 0 Å². The average molecular weight is 345 g/mol. The zero-order valence-electron chi connectivity index (χ0n) is 13.7. The maximum Gasteiger partial charge on any atom is 0.347 e. The minimum Gasteiger partial charge on any atom is -0.463 e. The van der Waals surface area contributed by atoms with Crippen molar-refractivity contribution in [3.63, 3.8) is 0 Å². The van der Waals surface area contributed by atoms with E-state index in [1.54, 1.807) is 18.2 Å². The van der Waals surface area contributed by atoms with Gasteiger partial charge in [-0.05, 0) is 29.7 Å². The first kappa shape index (κ1) is 17.0. The Bertz CT molecular complexity index is 756. The van der Waals surface area contributed by atoms with Gasteiger partial charge in [-0.3, -0.25) is 0 Å². The predicted molar refractivity (Wildman–Crippen MR) is 95.0 cm³/mol. The van der Waals surface area contributed by atoms with Gasteiger partial charge in [0.1, 0.15) is 0 Å². The summed E-state index contributed by atoms with van der Waals surface area (Å²) < 4.78 is 5.40. The molecule has 0 amide bonds. The molecule has 0 saturated heterocycles. The molecule has 0 aromatic heterocycles. The summed E-state index contributed by atoms with van der Waals surface area (Å²) >= 11 is 6.10. The average Bonchev–Trinajstić information content (AvgIpc) is 2.85. The van der Waals surface area contributed by atoms with Crippen molar-refractivity contribution < 1.29 is 14.6 Å². The van der Waals surface area contributed by atoms with Crippen LogP contribution in [0.1, 0.15) is 43.7 Å². The number of halogens is 1. The summed E-state index contributed by atoms with van der Waals surface area (Å²) in [5.74, 6) is -0.632. The third-order valence-corrected chi connectivity index (χ3v) is 4.74.